The molecule has 0 aliphatic carbocycles. The van der Waals surface area contributed by atoms with E-state index in [1.807, 2.05) is 0 Å². The van der Waals surface area contributed by atoms with Crippen molar-refractivity contribution in [2.75, 3.05) is 6.54 Å². The lowest BCUT2D eigenvalue weighted by molar-refractivity contribution is 0.336. The number of benzene rings is 1. The largest absolute Gasteiger partial charge is 0.314 e. The first-order chi connectivity index (χ1) is 8.77. The summed E-state index contributed by atoms with van der Waals surface area (Å²) in [4.78, 5) is 0. The molecule has 0 aliphatic heterocycles. The van der Waals surface area contributed by atoms with Gasteiger partial charge in [-0.25, -0.2) is 0 Å². The fourth-order valence-electron chi connectivity index (χ4n) is 2.68. The molecule has 102 valence electrons. The Balaban J connectivity index is 2.33. The van der Waals surface area contributed by atoms with Crippen LogP contribution in [0, 0.1) is 5.92 Å². The van der Waals surface area contributed by atoms with Gasteiger partial charge in [-0.05, 0) is 43.7 Å². The topological polar surface area (TPSA) is 12.0 Å². The van der Waals surface area contributed by atoms with E-state index >= 15 is 0 Å². The van der Waals surface area contributed by atoms with Crippen molar-refractivity contribution < 1.29 is 0 Å². The highest BCUT2D eigenvalue weighted by atomic mass is 14.9. The lowest BCUT2D eigenvalue weighted by Gasteiger charge is -2.24. The zero-order valence-corrected chi connectivity index (χ0v) is 12.3. The molecule has 1 nitrogen and oxygen atoms in total. The van der Waals surface area contributed by atoms with Crippen LogP contribution in [0.15, 0.2) is 30.3 Å². The Hall–Kier alpha value is -0.820. The first kappa shape index (κ1) is 15.2. The van der Waals surface area contributed by atoms with Gasteiger partial charge in [0.1, 0.15) is 0 Å². The van der Waals surface area contributed by atoms with Gasteiger partial charge in [-0.2, -0.15) is 0 Å². The number of aryl methyl sites for hydroxylation is 1. The highest BCUT2D eigenvalue weighted by Gasteiger charge is 2.14. The maximum atomic E-state index is 3.65. The third-order valence-electron chi connectivity index (χ3n) is 3.72. The predicted molar refractivity (Wildman–Crippen MR) is 80.9 cm³/mol. The van der Waals surface area contributed by atoms with Crippen LogP contribution in [0.25, 0.3) is 0 Å². The molecule has 0 heterocycles. The van der Waals surface area contributed by atoms with Gasteiger partial charge in [-0.1, -0.05) is 57.5 Å². The summed E-state index contributed by atoms with van der Waals surface area (Å²) in [6, 6.07) is 11.5. The summed E-state index contributed by atoms with van der Waals surface area (Å²) in [5.74, 6) is 0.797. The van der Waals surface area contributed by atoms with Gasteiger partial charge in [-0.15, -0.1) is 0 Å². The Labute approximate surface area is 113 Å². The van der Waals surface area contributed by atoms with E-state index in [0.29, 0.717) is 6.04 Å². The van der Waals surface area contributed by atoms with Gasteiger partial charge in [0.15, 0.2) is 0 Å². The smallest absolute Gasteiger partial charge is 0.00926 e. The summed E-state index contributed by atoms with van der Waals surface area (Å²) in [5.41, 5.74) is 1.47. The summed E-state index contributed by atoms with van der Waals surface area (Å²) in [5, 5.41) is 3.65. The second-order valence-electron chi connectivity index (χ2n) is 5.31. The van der Waals surface area contributed by atoms with E-state index in [1.165, 1.54) is 37.7 Å². The van der Waals surface area contributed by atoms with E-state index < -0.39 is 0 Å². The van der Waals surface area contributed by atoms with E-state index in [1.54, 1.807) is 0 Å². The second kappa shape index (κ2) is 9.16. The van der Waals surface area contributed by atoms with Gasteiger partial charge >= 0.3 is 0 Å². The van der Waals surface area contributed by atoms with Crippen molar-refractivity contribution in [2.45, 2.75) is 58.9 Å². The van der Waals surface area contributed by atoms with Crippen LogP contribution < -0.4 is 5.32 Å². The molecule has 0 saturated heterocycles. The number of hydrogen-bond acceptors (Lipinski definition) is 1. The summed E-state index contributed by atoms with van der Waals surface area (Å²) >= 11 is 0. The van der Waals surface area contributed by atoms with Crippen LogP contribution >= 0.6 is 0 Å². The minimum Gasteiger partial charge on any atom is -0.314 e. The zero-order chi connectivity index (χ0) is 13.2. The Morgan fingerprint density at radius 3 is 2.39 bits per heavy atom. The van der Waals surface area contributed by atoms with E-state index in [4.69, 9.17) is 0 Å². The van der Waals surface area contributed by atoms with E-state index in [9.17, 15) is 0 Å². The molecule has 2 unspecified atom stereocenters. The van der Waals surface area contributed by atoms with Crippen molar-refractivity contribution in [3.63, 3.8) is 0 Å². The third-order valence-corrected chi connectivity index (χ3v) is 3.72. The molecule has 1 N–H and O–H groups in total. The third kappa shape index (κ3) is 5.68. The van der Waals surface area contributed by atoms with Crippen LogP contribution in [0.5, 0.6) is 0 Å². The van der Waals surface area contributed by atoms with Crippen LogP contribution in [-0.2, 0) is 6.42 Å². The van der Waals surface area contributed by atoms with E-state index in [2.05, 4.69) is 56.4 Å². The monoisotopic (exact) mass is 247 g/mol. The molecule has 0 bridgehead atoms. The minimum atomic E-state index is 0.693. The summed E-state index contributed by atoms with van der Waals surface area (Å²) in [6.07, 6.45) is 6.42. The highest BCUT2D eigenvalue weighted by molar-refractivity contribution is 5.14. The molecule has 0 saturated carbocycles. The van der Waals surface area contributed by atoms with Crippen molar-refractivity contribution >= 4 is 0 Å². The molecule has 0 fully saturated rings. The van der Waals surface area contributed by atoms with Gasteiger partial charge in [-0.3, -0.25) is 0 Å². The Kier molecular flexibility index (Phi) is 7.75. The average molecular weight is 247 g/mol. The van der Waals surface area contributed by atoms with Gasteiger partial charge in [0.2, 0.25) is 0 Å². The van der Waals surface area contributed by atoms with E-state index in [-0.39, 0.29) is 0 Å². The van der Waals surface area contributed by atoms with Crippen LogP contribution in [0.2, 0.25) is 0 Å². The molecule has 0 aliphatic rings. The first-order valence-electron chi connectivity index (χ1n) is 7.55. The molecular formula is C17H29N. The van der Waals surface area contributed by atoms with Crippen LogP contribution in [0.4, 0.5) is 0 Å². The zero-order valence-electron chi connectivity index (χ0n) is 12.3. The standard InChI is InChI=1S/C17H29N/c1-4-10-15(3)17(18-5-2)14-9-13-16-11-7-6-8-12-16/h6-8,11-12,15,17-18H,4-5,9-10,13-14H2,1-3H3. The fourth-order valence-corrected chi connectivity index (χ4v) is 2.68. The maximum absolute atomic E-state index is 3.65. The van der Waals surface area contributed by atoms with Gasteiger partial charge in [0, 0.05) is 6.04 Å². The normalized spacial score (nSPS) is 14.4. The molecule has 0 spiro atoms. The maximum Gasteiger partial charge on any atom is 0.00926 e. The van der Waals surface area contributed by atoms with Crippen LogP contribution in [0.3, 0.4) is 0 Å². The Morgan fingerprint density at radius 1 is 1.06 bits per heavy atom. The summed E-state index contributed by atoms with van der Waals surface area (Å²) in [7, 11) is 0. The summed E-state index contributed by atoms with van der Waals surface area (Å²) < 4.78 is 0. The van der Waals surface area contributed by atoms with Gasteiger partial charge in [0.05, 0.1) is 0 Å². The Morgan fingerprint density at radius 2 is 1.78 bits per heavy atom. The highest BCUT2D eigenvalue weighted by Crippen LogP contribution is 2.16. The Bertz CT molecular complexity index is 294. The molecule has 1 rings (SSSR count). The van der Waals surface area contributed by atoms with Crippen molar-refractivity contribution in [3.8, 4) is 0 Å². The lowest BCUT2D eigenvalue weighted by Crippen LogP contribution is -2.34. The van der Waals surface area contributed by atoms with Crippen LogP contribution in [0.1, 0.15) is 52.0 Å². The van der Waals surface area contributed by atoms with Crippen LogP contribution in [-0.4, -0.2) is 12.6 Å². The molecule has 1 heteroatoms. The number of hydrogen-bond donors (Lipinski definition) is 1. The number of nitrogens with one attached hydrogen (secondary N) is 1. The quantitative estimate of drug-likeness (QED) is 0.681. The molecule has 0 aromatic heterocycles. The first-order valence-corrected chi connectivity index (χ1v) is 7.55. The molecule has 1 aromatic carbocycles. The molecule has 0 radical (unpaired) electrons. The minimum absolute atomic E-state index is 0.693. The van der Waals surface area contributed by atoms with Crippen molar-refractivity contribution in [2.24, 2.45) is 5.92 Å². The lowest BCUT2D eigenvalue weighted by atomic mass is 9.92. The predicted octanol–water partition coefficient (Wildman–Crippen LogP) is 4.42. The average Bonchev–Trinajstić information content (AvgIpc) is 2.39. The van der Waals surface area contributed by atoms with E-state index in [0.717, 1.165) is 12.5 Å². The number of rotatable bonds is 9. The SMILES string of the molecule is CCCC(C)C(CCCc1ccccc1)NCC. The van der Waals surface area contributed by atoms with Crippen molar-refractivity contribution in [1.29, 1.82) is 0 Å². The van der Waals surface area contributed by atoms with Gasteiger partial charge in [0.25, 0.3) is 0 Å². The molecule has 0 amide bonds. The molecule has 18 heavy (non-hydrogen) atoms. The van der Waals surface area contributed by atoms with Crippen molar-refractivity contribution in [3.05, 3.63) is 35.9 Å². The molecule has 1 aromatic rings. The second-order valence-corrected chi connectivity index (χ2v) is 5.31. The molecule has 2 atom stereocenters. The molecular weight excluding hydrogens is 218 g/mol. The van der Waals surface area contributed by atoms with Crippen molar-refractivity contribution in [1.82, 2.24) is 5.32 Å². The summed E-state index contributed by atoms with van der Waals surface area (Å²) in [6.45, 7) is 7.97. The fraction of sp³-hybridized carbons (Fsp3) is 0.647. The van der Waals surface area contributed by atoms with Gasteiger partial charge < -0.3 is 5.32 Å².